The second-order valence-corrected chi connectivity index (χ2v) is 3.28. The molecular weight excluding hydrogens is 263 g/mol. The molecule has 0 amide bonds. The topological polar surface area (TPSA) is 59.4 Å². The number of aromatic nitrogens is 2. The van der Waals surface area contributed by atoms with Gasteiger partial charge in [-0.25, -0.2) is 0 Å². The van der Waals surface area contributed by atoms with Gasteiger partial charge in [-0.2, -0.15) is 5.10 Å². The van der Waals surface area contributed by atoms with E-state index in [0.717, 1.165) is 12.1 Å². The second-order valence-electron chi connectivity index (χ2n) is 3.28. The number of rotatable bonds is 5. The van der Waals surface area contributed by atoms with E-state index in [9.17, 15) is 0 Å². The van der Waals surface area contributed by atoms with Crippen LogP contribution in [0.5, 0.6) is 5.88 Å². The van der Waals surface area contributed by atoms with Gasteiger partial charge < -0.3 is 4.74 Å². The fraction of sp³-hybridized carbons (Fsp3) is 0.500. The van der Waals surface area contributed by atoms with Crippen molar-refractivity contribution in [3.63, 3.8) is 0 Å². The number of nitrogens with zero attached hydrogens (tertiary/aromatic N) is 3. The molecule has 0 radical (unpaired) electrons. The van der Waals surface area contributed by atoms with Crippen LogP contribution in [0.4, 0.5) is 5.82 Å². The standard InChI is InChI=1S/C10H16N4O.2ClH/c1-4-7-15-10-6-5-9(13-14-10)12-11-8(2)3;;/h5-6H,4,7H2,1-3H3,(H,12,13);2*1H. The van der Waals surface area contributed by atoms with Crippen molar-refractivity contribution in [2.24, 2.45) is 5.10 Å². The highest BCUT2D eigenvalue weighted by atomic mass is 35.5. The van der Waals surface area contributed by atoms with Crippen LogP contribution in [-0.2, 0) is 0 Å². The Labute approximate surface area is 114 Å². The van der Waals surface area contributed by atoms with Crippen molar-refractivity contribution in [2.45, 2.75) is 27.2 Å². The van der Waals surface area contributed by atoms with Gasteiger partial charge in [0.25, 0.3) is 0 Å². The predicted molar refractivity (Wildman–Crippen MR) is 74.7 cm³/mol. The summed E-state index contributed by atoms with van der Waals surface area (Å²) in [6.07, 6.45) is 0.959. The van der Waals surface area contributed by atoms with Crippen LogP contribution in [0.25, 0.3) is 0 Å². The van der Waals surface area contributed by atoms with Crippen molar-refractivity contribution >= 4 is 36.3 Å². The highest BCUT2D eigenvalue weighted by Gasteiger charge is 1.96. The smallest absolute Gasteiger partial charge is 0.233 e. The van der Waals surface area contributed by atoms with E-state index in [4.69, 9.17) is 4.74 Å². The quantitative estimate of drug-likeness (QED) is 0.666. The largest absolute Gasteiger partial charge is 0.477 e. The molecule has 0 unspecified atom stereocenters. The number of hydrogen-bond donors (Lipinski definition) is 1. The fourth-order valence-corrected chi connectivity index (χ4v) is 0.832. The first kappa shape index (κ1) is 18.3. The molecule has 0 atom stereocenters. The molecule has 0 aliphatic heterocycles. The maximum atomic E-state index is 5.30. The molecule has 5 nitrogen and oxygen atoms in total. The van der Waals surface area contributed by atoms with Gasteiger partial charge in [0.1, 0.15) is 0 Å². The first-order valence-corrected chi connectivity index (χ1v) is 4.96. The third kappa shape index (κ3) is 7.76. The zero-order valence-corrected chi connectivity index (χ0v) is 11.8. The summed E-state index contributed by atoms with van der Waals surface area (Å²) in [6.45, 7) is 6.51. The van der Waals surface area contributed by atoms with E-state index in [-0.39, 0.29) is 24.8 Å². The van der Waals surface area contributed by atoms with Gasteiger partial charge in [-0.05, 0) is 26.3 Å². The van der Waals surface area contributed by atoms with Crippen molar-refractivity contribution in [2.75, 3.05) is 12.0 Å². The number of nitrogens with one attached hydrogen (secondary N) is 1. The van der Waals surface area contributed by atoms with Crippen molar-refractivity contribution in [1.82, 2.24) is 10.2 Å². The molecule has 1 aromatic rings. The summed E-state index contributed by atoms with van der Waals surface area (Å²) in [5, 5.41) is 11.8. The maximum Gasteiger partial charge on any atom is 0.233 e. The summed E-state index contributed by atoms with van der Waals surface area (Å²) in [6, 6.07) is 3.55. The van der Waals surface area contributed by atoms with Crippen LogP contribution in [0.3, 0.4) is 0 Å². The molecule has 98 valence electrons. The fourth-order valence-electron chi connectivity index (χ4n) is 0.832. The van der Waals surface area contributed by atoms with Crippen molar-refractivity contribution < 1.29 is 4.74 Å². The Morgan fingerprint density at radius 1 is 1.29 bits per heavy atom. The summed E-state index contributed by atoms with van der Waals surface area (Å²) in [7, 11) is 0. The minimum Gasteiger partial charge on any atom is -0.477 e. The minimum absolute atomic E-state index is 0. The summed E-state index contributed by atoms with van der Waals surface area (Å²) in [5.74, 6) is 1.15. The van der Waals surface area contributed by atoms with Gasteiger partial charge in [-0.1, -0.05) is 6.92 Å². The van der Waals surface area contributed by atoms with Crippen LogP contribution in [0.1, 0.15) is 27.2 Å². The van der Waals surface area contributed by atoms with E-state index in [1.807, 2.05) is 20.8 Å². The normalized spacial score (nSPS) is 8.41. The van der Waals surface area contributed by atoms with E-state index < -0.39 is 0 Å². The summed E-state index contributed by atoms with van der Waals surface area (Å²) in [4.78, 5) is 0. The zero-order chi connectivity index (χ0) is 11.1. The Balaban J connectivity index is 0. The van der Waals surface area contributed by atoms with Gasteiger partial charge in [0.05, 0.1) is 6.61 Å². The molecule has 1 aromatic heterocycles. The number of halogens is 2. The molecule has 0 saturated heterocycles. The molecule has 0 fully saturated rings. The Morgan fingerprint density at radius 2 is 2.00 bits per heavy atom. The molecule has 0 bridgehead atoms. The van der Waals surface area contributed by atoms with E-state index in [2.05, 4.69) is 20.7 Å². The maximum absolute atomic E-state index is 5.30. The molecule has 1 rings (SSSR count). The van der Waals surface area contributed by atoms with Crippen LogP contribution < -0.4 is 10.2 Å². The SMILES string of the molecule is CCCOc1ccc(NN=C(C)C)nn1.Cl.Cl. The van der Waals surface area contributed by atoms with Gasteiger partial charge in [-0.3, -0.25) is 5.43 Å². The lowest BCUT2D eigenvalue weighted by Crippen LogP contribution is -2.01. The van der Waals surface area contributed by atoms with Crippen LogP contribution in [0.2, 0.25) is 0 Å². The first-order chi connectivity index (χ1) is 7.22. The Hall–Kier alpha value is -1.07. The van der Waals surface area contributed by atoms with Crippen LogP contribution in [0.15, 0.2) is 17.2 Å². The molecule has 0 aliphatic rings. The van der Waals surface area contributed by atoms with Gasteiger partial charge in [-0.15, -0.1) is 35.0 Å². The molecular formula is C10H18Cl2N4O. The predicted octanol–water partition coefficient (Wildman–Crippen LogP) is 2.92. The highest BCUT2D eigenvalue weighted by Crippen LogP contribution is 2.08. The molecule has 0 spiro atoms. The van der Waals surface area contributed by atoms with Crippen LogP contribution in [0, 0.1) is 0 Å². The summed E-state index contributed by atoms with van der Waals surface area (Å²) in [5.41, 5.74) is 3.72. The van der Waals surface area contributed by atoms with Crippen LogP contribution >= 0.6 is 24.8 Å². The van der Waals surface area contributed by atoms with Crippen LogP contribution in [-0.4, -0.2) is 22.5 Å². The number of anilines is 1. The first-order valence-electron chi connectivity index (χ1n) is 4.96. The second kappa shape index (κ2) is 10.1. The third-order valence-electron chi connectivity index (χ3n) is 1.49. The third-order valence-corrected chi connectivity index (χ3v) is 1.49. The lowest BCUT2D eigenvalue weighted by atomic mass is 10.5. The summed E-state index contributed by atoms with van der Waals surface area (Å²) < 4.78 is 5.30. The van der Waals surface area contributed by atoms with E-state index in [0.29, 0.717) is 18.3 Å². The molecule has 0 aromatic carbocycles. The Bertz CT molecular complexity index is 326. The monoisotopic (exact) mass is 280 g/mol. The minimum atomic E-state index is 0. The Kier molecular flexibility index (Phi) is 10.9. The van der Waals surface area contributed by atoms with Crippen molar-refractivity contribution in [3.05, 3.63) is 12.1 Å². The van der Waals surface area contributed by atoms with Crippen molar-refractivity contribution in [3.8, 4) is 5.88 Å². The molecule has 1 N–H and O–H groups in total. The molecule has 1 heterocycles. The Morgan fingerprint density at radius 3 is 2.47 bits per heavy atom. The highest BCUT2D eigenvalue weighted by molar-refractivity contribution is 5.85. The van der Waals surface area contributed by atoms with Gasteiger partial charge in [0, 0.05) is 11.8 Å². The lowest BCUT2D eigenvalue weighted by Gasteiger charge is -2.03. The van der Waals surface area contributed by atoms with Crippen molar-refractivity contribution in [1.29, 1.82) is 0 Å². The van der Waals surface area contributed by atoms with Gasteiger partial charge in [0.15, 0.2) is 5.82 Å². The average Bonchev–Trinajstić information content (AvgIpc) is 2.25. The number of hydrazone groups is 1. The summed E-state index contributed by atoms with van der Waals surface area (Å²) >= 11 is 0. The van der Waals surface area contributed by atoms with E-state index in [1.54, 1.807) is 12.1 Å². The number of hydrogen-bond acceptors (Lipinski definition) is 5. The molecule has 7 heteroatoms. The molecule has 0 aliphatic carbocycles. The molecule has 0 saturated carbocycles. The van der Waals surface area contributed by atoms with E-state index in [1.165, 1.54) is 0 Å². The lowest BCUT2D eigenvalue weighted by molar-refractivity contribution is 0.302. The average molecular weight is 281 g/mol. The van der Waals surface area contributed by atoms with Gasteiger partial charge in [0.2, 0.25) is 5.88 Å². The number of ether oxygens (including phenoxy) is 1. The zero-order valence-electron chi connectivity index (χ0n) is 10.1. The van der Waals surface area contributed by atoms with Gasteiger partial charge >= 0.3 is 0 Å². The van der Waals surface area contributed by atoms with E-state index >= 15 is 0 Å². The molecule has 17 heavy (non-hydrogen) atoms.